The van der Waals surface area contributed by atoms with Gasteiger partial charge in [-0.05, 0) is 15.9 Å². The van der Waals surface area contributed by atoms with E-state index >= 15 is 0 Å². The Kier molecular flexibility index (Phi) is 2.98. The molecule has 0 aromatic carbocycles. The van der Waals surface area contributed by atoms with E-state index in [1.165, 1.54) is 4.57 Å². The summed E-state index contributed by atoms with van der Waals surface area (Å²) >= 11 is 14.1. The number of nitrogens with zero attached hydrogens (tertiary/aromatic N) is 2. The van der Waals surface area contributed by atoms with E-state index in [9.17, 15) is 9.90 Å². The highest BCUT2D eigenvalue weighted by Crippen LogP contribution is 2.25. The van der Waals surface area contributed by atoms with Gasteiger partial charge in [0.1, 0.15) is 5.15 Å². The topological polar surface area (TPSA) is 57.9 Å². The van der Waals surface area contributed by atoms with Crippen LogP contribution >= 0.6 is 39.1 Å². The number of carboxylic acids is 1. The molecule has 1 rings (SSSR count). The quantitative estimate of drug-likeness (QED) is 0.797. The van der Waals surface area contributed by atoms with Crippen molar-refractivity contribution in [3.05, 3.63) is 15.0 Å². The van der Waals surface area contributed by atoms with Crippen LogP contribution in [0.25, 0.3) is 0 Å². The third kappa shape index (κ3) is 1.91. The number of carbonyl (C=O) groups is 1. The van der Waals surface area contributed by atoms with E-state index in [2.05, 4.69) is 20.9 Å². The number of aromatic nitrogens is 2. The summed E-state index contributed by atoms with van der Waals surface area (Å²) in [5.74, 6) is -1.26. The van der Waals surface area contributed by atoms with Crippen molar-refractivity contribution in [1.29, 1.82) is 0 Å². The molecule has 1 heterocycles. The summed E-state index contributed by atoms with van der Waals surface area (Å²) in [4.78, 5) is 13.9. The average Bonchev–Trinajstić information content (AvgIpc) is 2.16. The maximum absolute atomic E-state index is 10.2. The molecule has 1 aromatic heterocycles. The Hall–Kier alpha value is -0.260. The summed E-state index contributed by atoms with van der Waals surface area (Å²) < 4.78 is 1.45. The lowest BCUT2D eigenvalue weighted by Crippen LogP contribution is -2.27. The zero-order chi connectivity index (χ0) is 9.30. The van der Waals surface area contributed by atoms with E-state index in [0.29, 0.717) is 0 Å². The first-order chi connectivity index (χ1) is 5.52. The second kappa shape index (κ2) is 3.64. The number of carboxylic acid groups (broad SMARTS) is 1. The molecule has 0 saturated heterocycles. The number of rotatable bonds is 2. The maximum atomic E-state index is 10.2. The standard InChI is InChI=1S/C5H3BrCl2N2O2/c6-5-9-3(7)4(8)10(5)1-2(11)12/h1H2,(H,11,12)/p-1. The van der Waals surface area contributed by atoms with Gasteiger partial charge >= 0.3 is 0 Å². The number of imidazole rings is 1. The molecule has 0 aliphatic carbocycles. The summed E-state index contributed by atoms with van der Waals surface area (Å²) in [6.45, 7) is -0.376. The Balaban J connectivity index is 3.05. The van der Waals surface area contributed by atoms with E-state index in [4.69, 9.17) is 23.2 Å². The summed E-state index contributed by atoms with van der Waals surface area (Å²) in [7, 11) is 0. The summed E-state index contributed by atoms with van der Waals surface area (Å²) in [6.07, 6.45) is 0. The molecular formula is C5H2BrCl2N2O2-. The van der Waals surface area contributed by atoms with Crippen LogP contribution in [0.3, 0.4) is 0 Å². The van der Waals surface area contributed by atoms with Gasteiger partial charge in [0.15, 0.2) is 9.89 Å². The van der Waals surface area contributed by atoms with Gasteiger partial charge in [0, 0.05) is 0 Å². The van der Waals surface area contributed by atoms with Crippen LogP contribution < -0.4 is 5.11 Å². The second-order valence-electron chi connectivity index (χ2n) is 1.92. The van der Waals surface area contributed by atoms with Crippen molar-refractivity contribution in [2.24, 2.45) is 0 Å². The van der Waals surface area contributed by atoms with Crippen LogP contribution in [0.1, 0.15) is 0 Å². The molecule has 0 spiro atoms. The lowest BCUT2D eigenvalue weighted by molar-refractivity contribution is -0.306. The van der Waals surface area contributed by atoms with E-state index in [0.717, 1.165) is 0 Å². The molecule has 0 saturated carbocycles. The molecular weight excluding hydrogens is 271 g/mol. The van der Waals surface area contributed by atoms with Gasteiger partial charge in [-0.25, -0.2) is 4.98 Å². The van der Waals surface area contributed by atoms with Crippen molar-refractivity contribution in [1.82, 2.24) is 9.55 Å². The highest BCUT2D eigenvalue weighted by molar-refractivity contribution is 9.10. The molecule has 66 valence electrons. The number of hydrogen-bond donors (Lipinski definition) is 0. The largest absolute Gasteiger partial charge is 0.548 e. The highest BCUT2D eigenvalue weighted by atomic mass is 79.9. The van der Waals surface area contributed by atoms with E-state index in [1.807, 2.05) is 0 Å². The Labute approximate surface area is 86.2 Å². The molecule has 0 fully saturated rings. The van der Waals surface area contributed by atoms with Gasteiger partial charge in [-0.15, -0.1) is 0 Å². The zero-order valence-corrected chi connectivity index (χ0v) is 8.65. The van der Waals surface area contributed by atoms with Gasteiger partial charge in [0.05, 0.1) is 12.5 Å². The number of hydrogen-bond acceptors (Lipinski definition) is 3. The fourth-order valence-electron chi connectivity index (χ4n) is 0.644. The fraction of sp³-hybridized carbons (Fsp3) is 0.200. The van der Waals surface area contributed by atoms with Crippen molar-refractivity contribution in [3.8, 4) is 0 Å². The molecule has 12 heavy (non-hydrogen) atoms. The molecule has 0 radical (unpaired) electrons. The minimum absolute atomic E-state index is 0.0600. The molecule has 0 N–H and O–H groups in total. The summed E-state index contributed by atoms with van der Waals surface area (Å²) in [6, 6.07) is 0. The van der Waals surface area contributed by atoms with Crippen LogP contribution in [-0.4, -0.2) is 15.5 Å². The van der Waals surface area contributed by atoms with E-state index < -0.39 is 5.97 Å². The molecule has 4 nitrogen and oxygen atoms in total. The van der Waals surface area contributed by atoms with Crippen molar-refractivity contribution < 1.29 is 9.90 Å². The Morgan fingerprint density at radius 3 is 2.58 bits per heavy atom. The molecule has 0 aliphatic rings. The van der Waals surface area contributed by atoms with Crippen LogP contribution in [0.5, 0.6) is 0 Å². The van der Waals surface area contributed by atoms with Crippen molar-refractivity contribution in [2.45, 2.75) is 6.54 Å². The molecule has 0 bridgehead atoms. The van der Waals surface area contributed by atoms with Crippen LogP contribution in [0.15, 0.2) is 4.73 Å². The first kappa shape index (κ1) is 9.83. The third-order valence-electron chi connectivity index (χ3n) is 1.11. The molecule has 1 aromatic rings. The first-order valence-electron chi connectivity index (χ1n) is 2.79. The van der Waals surface area contributed by atoms with E-state index in [-0.39, 0.29) is 21.6 Å². The molecule has 0 unspecified atom stereocenters. The number of aliphatic carboxylic acids is 1. The van der Waals surface area contributed by atoms with Gasteiger partial charge in [0.2, 0.25) is 0 Å². The third-order valence-corrected chi connectivity index (χ3v) is 2.46. The SMILES string of the molecule is O=C([O-])Cn1c(Br)nc(Cl)c1Cl. The van der Waals surface area contributed by atoms with Crippen molar-refractivity contribution >= 4 is 45.1 Å². The van der Waals surface area contributed by atoms with Crippen LogP contribution in [0.4, 0.5) is 0 Å². The normalized spacial score (nSPS) is 10.2. The molecule has 0 atom stereocenters. The van der Waals surface area contributed by atoms with Crippen molar-refractivity contribution in [2.75, 3.05) is 0 Å². The molecule has 0 aliphatic heterocycles. The van der Waals surface area contributed by atoms with E-state index in [1.54, 1.807) is 0 Å². The monoisotopic (exact) mass is 271 g/mol. The number of carbonyl (C=O) groups excluding carboxylic acids is 1. The van der Waals surface area contributed by atoms with Crippen LogP contribution in [0, 0.1) is 0 Å². The smallest absolute Gasteiger partial charge is 0.180 e. The minimum atomic E-state index is -1.26. The van der Waals surface area contributed by atoms with Crippen LogP contribution in [-0.2, 0) is 11.3 Å². The molecule has 7 heteroatoms. The summed E-state index contributed by atoms with van der Waals surface area (Å²) in [5.41, 5.74) is 0. The molecule has 0 amide bonds. The van der Waals surface area contributed by atoms with Crippen LogP contribution in [0.2, 0.25) is 10.3 Å². The zero-order valence-electron chi connectivity index (χ0n) is 5.55. The minimum Gasteiger partial charge on any atom is -0.548 e. The Morgan fingerprint density at radius 1 is 1.67 bits per heavy atom. The van der Waals surface area contributed by atoms with Gasteiger partial charge in [-0.3, -0.25) is 0 Å². The summed E-state index contributed by atoms with van der Waals surface area (Å²) in [5, 5.41) is 10.3. The van der Waals surface area contributed by atoms with Crippen molar-refractivity contribution in [3.63, 3.8) is 0 Å². The van der Waals surface area contributed by atoms with Gasteiger partial charge in [-0.2, -0.15) is 0 Å². The second-order valence-corrected chi connectivity index (χ2v) is 3.35. The number of halogens is 3. The average molecular weight is 273 g/mol. The highest BCUT2D eigenvalue weighted by Gasteiger charge is 2.11. The van der Waals surface area contributed by atoms with Gasteiger partial charge < -0.3 is 14.5 Å². The van der Waals surface area contributed by atoms with Gasteiger partial charge in [0.25, 0.3) is 0 Å². The van der Waals surface area contributed by atoms with Gasteiger partial charge in [-0.1, -0.05) is 23.2 Å². The Morgan fingerprint density at radius 2 is 2.25 bits per heavy atom. The first-order valence-corrected chi connectivity index (χ1v) is 4.34. The predicted octanol–water partition coefficient (Wildman–Crippen LogP) is 0.702. The maximum Gasteiger partial charge on any atom is 0.180 e. The fourth-order valence-corrected chi connectivity index (χ4v) is 1.69. The lowest BCUT2D eigenvalue weighted by Gasteiger charge is -2.05. The lowest BCUT2D eigenvalue weighted by atomic mass is 10.6. The predicted molar refractivity (Wildman–Crippen MR) is 45.0 cm³/mol. The Bertz CT molecular complexity index is 325.